The van der Waals surface area contributed by atoms with E-state index in [9.17, 15) is 4.79 Å². The number of carbonyl (C=O) groups is 1. The minimum Gasteiger partial charge on any atom is -0.357 e. The predicted octanol–water partition coefficient (Wildman–Crippen LogP) is 3.89. The predicted molar refractivity (Wildman–Crippen MR) is 128 cm³/mol. The fourth-order valence-electron chi connectivity index (χ4n) is 2.12. The summed E-state index contributed by atoms with van der Waals surface area (Å²) < 4.78 is 0.906. The molecule has 0 heterocycles. The summed E-state index contributed by atoms with van der Waals surface area (Å²) in [6.07, 6.45) is 5.31. The second-order valence-electron chi connectivity index (χ2n) is 5.51. The van der Waals surface area contributed by atoms with E-state index in [0.29, 0.717) is 18.7 Å². The molecule has 0 saturated carbocycles. The molecule has 1 aromatic carbocycles. The summed E-state index contributed by atoms with van der Waals surface area (Å²) in [4.78, 5) is 16.6. The van der Waals surface area contributed by atoms with Gasteiger partial charge in [0.15, 0.2) is 5.96 Å². The zero-order valence-corrected chi connectivity index (χ0v) is 20.2. The summed E-state index contributed by atoms with van der Waals surface area (Å²) >= 11 is 5.26. The molecule has 26 heavy (non-hydrogen) atoms. The number of hydrogen-bond acceptors (Lipinski definition) is 3. The SMILES string of the molecule is CCNC(=NCCCNC(=O)c1cccc(Br)c1)NCCCCSC.I. The van der Waals surface area contributed by atoms with Crippen molar-refractivity contribution >= 4 is 63.5 Å². The highest BCUT2D eigenvalue weighted by atomic mass is 127. The van der Waals surface area contributed by atoms with Crippen LogP contribution in [0.15, 0.2) is 33.7 Å². The van der Waals surface area contributed by atoms with Crippen molar-refractivity contribution in [3.63, 3.8) is 0 Å². The van der Waals surface area contributed by atoms with Crippen LogP contribution in [0, 0.1) is 0 Å². The number of rotatable bonds is 11. The van der Waals surface area contributed by atoms with Gasteiger partial charge in [-0.3, -0.25) is 9.79 Å². The largest absolute Gasteiger partial charge is 0.357 e. The maximum Gasteiger partial charge on any atom is 0.251 e. The maximum atomic E-state index is 12.0. The third-order valence-electron chi connectivity index (χ3n) is 3.39. The van der Waals surface area contributed by atoms with Crippen molar-refractivity contribution in [1.29, 1.82) is 0 Å². The highest BCUT2D eigenvalue weighted by Crippen LogP contribution is 2.11. The summed E-state index contributed by atoms with van der Waals surface area (Å²) in [6, 6.07) is 7.39. The van der Waals surface area contributed by atoms with Crippen LogP contribution in [-0.4, -0.2) is 50.1 Å². The van der Waals surface area contributed by atoms with Gasteiger partial charge in [0.2, 0.25) is 0 Å². The molecule has 1 amide bonds. The molecule has 0 fully saturated rings. The third kappa shape index (κ3) is 12.0. The Balaban J connectivity index is 0.00000625. The molecule has 1 rings (SSSR count). The van der Waals surface area contributed by atoms with Crippen molar-refractivity contribution in [3.8, 4) is 0 Å². The number of halogens is 2. The second-order valence-corrected chi connectivity index (χ2v) is 7.41. The molecule has 1 aromatic rings. The number of thioether (sulfide) groups is 1. The van der Waals surface area contributed by atoms with Gasteiger partial charge in [0.25, 0.3) is 5.91 Å². The number of nitrogens with one attached hydrogen (secondary N) is 3. The van der Waals surface area contributed by atoms with E-state index in [1.807, 2.05) is 36.0 Å². The van der Waals surface area contributed by atoms with E-state index in [-0.39, 0.29) is 29.9 Å². The lowest BCUT2D eigenvalue weighted by Crippen LogP contribution is -2.38. The van der Waals surface area contributed by atoms with Gasteiger partial charge in [-0.1, -0.05) is 22.0 Å². The summed E-state index contributed by atoms with van der Waals surface area (Å²) in [5, 5.41) is 9.52. The van der Waals surface area contributed by atoms with Crippen LogP contribution in [0.3, 0.4) is 0 Å². The lowest BCUT2D eigenvalue weighted by molar-refractivity contribution is 0.0953. The summed E-state index contributed by atoms with van der Waals surface area (Å²) in [5.74, 6) is 2.00. The average Bonchev–Trinajstić information content (AvgIpc) is 2.61. The minimum atomic E-state index is -0.0518. The Hall–Kier alpha value is -0.480. The third-order valence-corrected chi connectivity index (χ3v) is 4.58. The van der Waals surface area contributed by atoms with Crippen molar-refractivity contribution < 1.29 is 4.79 Å². The molecule has 8 heteroatoms. The zero-order chi connectivity index (χ0) is 18.3. The van der Waals surface area contributed by atoms with Gasteiger partial charge in [0.1, 0.15) is 0 Å². The van der Waals surface area contributed by atoms with Gasteiger partial charge in [-0.2, -0.15) is 11.8 Å². The summed E-state index contributed by atoms with van der Waals surface area (Å²) in [5.41, 5.74) is 0.665. The van der Waals surface area contributed by atoms with Crippen LogP contribution in [0.2, 0.25) is 0 Å². The Morgan fingerprint density at radius 1 is 1.15 bits per heavy atom. The quantitative estimate of drug-likeness (QED) is 0.167. The molecule has 5 nitrogen and oxygen atoms in total. The number of guanidine groups is 1. The van der Waals surface area contributed by atoms with Crippen LogP contribution in [-0.2, 0) is 0 Å². The molecule has 0 spiro atoms. The van der Waals surface area contributed by atoms with Crippen molar-refractivity contribution in [2.24, 2.45) is 4.99 Å². The van der Waals surface area contributed by atoms with Gasteiger partial charge in [-0.25, -0.2) is 0 Å². The number of aliphatic imine (C=N–C) groups is 1. The zero-order valence-electron chi connectivity index (χ0n) is 15.5. The van der Waals surface area contributed by atoms with Crippen molar-refractivity contribution in [3.05, 3.63) is 34.3 Å². The topological polar surface area (TPSA) is 65.5 Å². The Kier molecular flexibility index (Phi) is 16.4. The highest BCUT2D eigenvalue weighted by Gasteiger charge is 2.04. The van der Waals surface area contributed by atoms with Crippen LogP contribution in [0.25, 0.3) is 0 Å². The molecule has 0 bridgehead atoms. The number of unbranched alkanes of at least 4 members (excludes halogenated alkanes) is 1. The maximum absolute atomic E-state index is 12.0. The number of hydrogen-bond donors (Lipinski definition) is 3. The van der Waals surface area contributed by atoms with E-state index >= 15 is 0 Å². The van der Waals surface area contributed by atoms with E-state index in [1.54, 1.807) is 0 Å². The monoisotopic (exact) mass is 556 g/mol. The van der Waals surface area contributed by atoms with Crippen LogP contribution >= 0.6 is 51.7 Å². The van der Waals surface area contributed by atoms with E-state index in [4.69, 9.17) is 0 Å². The molecule has 3 N–H and O–H groups in total. The molecule has 0 unspecified atom stereocenters. The first-order valence-corrected chi connectivity index (χ1v) is 10.9. The number of carbonyl (C=O) groups excluding carboxylic acids is 1. The Bertz CT molecular complexity index is 546. The molecular weight excluding hydrogens is 527 g/mol. The van der Waals surface area contributed by atoms with Crippen LogP contribution in [0.4, 0.5) is 0 Å². The average molecular weight is 557 g/mol. The lowest BCUT2D eigenvalue weighted by atomic mass is 10.2. The lowest BCUT2D eigenvalue weighted by Gasteiger charge is -2.11. The highest BCUT2D eigenvalue weighted by molar-refractivity contribution is 14.0. The molecule has 0 aliphatic rings. The van der Waals surface area contributed by atoms with E-state index in [0.717, 1.165) is 36.4 Å². The fourth-order valence-corrected chi connectivity index (χ4v) is 3.02. The summed E-state index contributed by atoms with van der Waals surface area (Å²) in [7, 11) is 0. The number of nitrogens with zero attached hydrogens (tertiary/aromatic N) is 1. The fraction of sp³-hybridized carbons (Fsp3) is 0.556. The molecule has 0 saturated heterocycles. The van der Waals surface area contributed by atoms with Crippen molar-refractivity contribution in [2.75, 3.05) is 38.2 Å². The van der Waals surface area contributed by atoms with E-state index in [1.165, 1.54) is 12.2 Å². The Morgan fingerprint density at radius 3 is 2.62 bits per heavy atom. The molecule has 0 aliphatic carbocycles. The van der Waals surface area contributed by atoms with Gasteiger partial charge in [0, 0.05) is 36.2 Å². The molecular formula is C18H30BrIN4OS. The number of amides is 1. The smallest absolute Gasteiger partial charge is 0.251 e. The van der Waals surface area contributed by atoms with Gasteiger partial charge in [0.05, 0.1) is 0 Å². The van der Waals surface area contributed by atoms with Gasteiger partial charge in [-0.05, 0) is 56.4 Å². The van der Waals surface area contributed by atoms with Crippen LogP contribution in [0.5, 0.6) is 0 Å². The van der Waals surface area contributed by atoms with E-state index < -0.39 is 0 Å². The van der Waals surface area contributed by atoms with E-state index in [2.05, 4.69) is 50.1 Å². The Labute approximate surface area is 187 Å². The van der Waals surface area contributed by atoms with Gasteiger partial charge >= 0.3 is 0 Å². The first-order chi connectivity index (χ1) is 12.2. The van der Waals surface area contributed by atoms with Gasteiger partial charge < -0.3 is 16.0 Å². The molecule has 148 valence electrons. The van der Waals surface area contributed by atoms with Gasteiger partial charge in [-0.15, -0.1) is 24.0 Å². The Morgan fingerprint density at radius 2 is 1.92 bits per heavy atom. The molecule has 0 atom stereocenters. The van der Waals surface area contributed by atoms with Crippen molar-refractivity contribution in [2.45, 2.75) is 26.2 Å². The summed E-state index contributed by atoms with van der Waals surface area (Å²) in [6.45, 7) is 5.13. The molecule has 0 radical (unpaired) electrons. The first kappa shape index (κ1) is 25.5. The standard InChI is InChI=1S/C18H29BrN4OS.HI/c1-3-20-18(22-10-4-5-13-25-2)23-12-7-11-21-17(24)15-8-6-9-16(19)14-15;/h6,8-9,14H,3-5,7,10-13H2,1-2H3,(H,21,24)(H2,20,22,23);1H. The van der Waals surface area contributed by atoms with Crippen LogP contribution in [0.1, 0.15) is 36.5 Å². The molecule has 0 aliphatic heterocycles. The molecule has 0 aromatic heterocycles. The first-order valence-electron chi connectivity index (χ1n) is 8.72. The van der Waals surface area contributed by atoms with Crippen LogP contribution < -0.4 is 16.0 Å². The minimum absolute atomic E-state index is 0. The second kappa shape index (κ2) is 16.7. The number of benzene rings is 1. The normalized spacial score (nSPS) is 10.8. The van der Waals surface area contributed by atoms with Crippen molar-refractivity contribution in [1.82, 2.24) is 16.0 Å².